The van der Waals surface area contributed by atoms with Crippen molar-refractivity contribution in [1.29, 1.82) is 0 Å². The van der Waals surface area contributed by atoms with Gasteiger partial charge in [-0.3, -0.25) is 0 Å². The van der Waals surface area contributed by atoms with Gasteiger partial charge in [-0.15, -0.1) is 0 Å². The molecule has 0 unspecified atom stereocenters. The number of hydrogen-bond acceptors (Lipinski definition) is 5. The molecule has 146 valence electrons. The molecule has 0 N–H and O–H groups in total. The Labute approximate surface area is 154 Å². The Morgan fingerprint density at radius 2 is 1.81 bits per heavy atom. The Bertz CT molecular complexity index is 932. The van der Waals surface area contributed by atoms with E-state index in [2.05, 4.69) is 4.74 Å². The predicted octanol–water partition coefficient (Wildman–Crippen LogP) is 3.03. The smallest absolute Gasteiger partial charge is 0.387 e. The third-order valence-electron chi connectivity index (χ3n) is 3.48. The van der Waals surface area contributed by atoms with Crippen molar-refractivity contribution in [3.63, 3.8) is 0 Å². The molecule has 2 aromatic carbocycles. The van der Waals surface area contributed by atoms with Gasteiger partial charge in [0, 0.05) is 19.7 Å². The Morgan fingerprint density at radius 1 is 1.15 bits per heavy atom. The normalized spacial score (nSPS) is 11.7. The quantitative estimate of drug-likeness (QED) is 0.665. The summed E-state index contributed by atoms with van der Waals surface area (Å²) >= 11 is 0. The minimum absolute atomic E-state index is 0.142. The van der Waals surface area contributed by atoms with E-state index in [1.165, 1.54) is 38.4 Å². The summed E-state index contributed by atoms with van der Waals surface area (Å²) in [5, 5.41) is 0. The van der Waals surface area contributed by atoms with Crippen LogP contribution in [0, 0.1) is 5.82 Å². The second kappa shape index (κ2) is 8.40. The summed E-state index contributed by atoms with van der Waals surface area (Å²) in [7, 11) is -1.30. The van der Waals surface area contributed by atoms with Crippen LogP contribution in [0.1, 0.15) is 15.9 Å². The summed E-state index contributed by atoms with van der Waals surface area (Å²) < 4.78 is 73.1. The van der Waals surface area contributed by atoms with E-state index < -0.39 is 40.6 Å². The number of nitrogens with zero attached hydrogens (tertiary/aromatic N) is 1. The zero-order valence-electron chi connectivity index (χ0n) is 14.4. The van der Waals surface area contributed by atoms with Crippen LogP contribution in [0.15, 0.2) is 47.4 Å². The summed E-state index contributed by atoms with van der Waals surface area (Å²) in [4.78, 5) is 11.9. The first-order chi connectivity index (χ1) is 12.6. The van der Waals surface area contributed by atoms with Crippen molar-refractivity contribution >= 4 is 16.0 Å². The van der Waals surface area contributed by atoms with E-state index in [1.807, 2.05) is 0 Å². The minimum atomic E-state index is -3.88. The zero-order valence-corrected chi connectivity index (χ0v) is 15.2. The first-order valence-electron chi connectivity index (χ1n) is 7.55. The van der Waals surface area contributed by atoms with Crippen LogP contribution in [-0.4, -0.2) is 39.4 Å². The minimum Gasteiger partial charge on any atom is -0.457 e. The molecule has 10 heteroatoms. The highest BCUT2D eigenvalue weighted by molar-refractivity contribution is 7.89. The second-order valence-corrected chi connectivity index (χ2v) is 7.64. The van der Waals surface area contributed by atoms with Gasteiger partial charge in [-0.25, -0.2) is 21.9 Å². The molecule has 0 fully saturated rings. The lowest BCUT2D eigenvalue weighted by Crippen LogP contribution is -2.22. The summed E-state index contributed by atoms with van der Waals surface area (Å²) in [5.41, 5.74) is -0.450. The van der Waals surface area contributed by atoms with E-state index >= 15 is 0 Å². The van der Waals surface area contributed by atoms with Crippen molar-refractivity contribution in [3.8, 4) is 5.75 Å². The highest BCUT2D eigenvalue weighted by Crippen LogP contribution is 2.23. The van der Waals surface area contributed by atoms with Crippen molar-refractivity contribution in [2.75, 3.05) is 14.1 Å². The van der Waals surface area contributed by atoms with Crippen LogP contribution in [0.25, 0.3) is 0 Å². The monoisotopic (exact) mass is 403 g/mol. The SMILES string of the molecule is CN(C)S(=O)(=O)c1ccc(F)c(C(=O)OCc2ccccc2OC(F)F)c1. The van der Waals surface area contributed by atoms with Crippen LogP contribution in [0.4, 0.5) is 13.2 Å². The molecule has 0 heterocycles. The molecular weight excluding hydrogens is 387 g/mol. The van der Waals surface area contributed by atoms with Crippen molar-refractivity contribution in [2.45, 2.75) is 18.1 Å². The number of alkyl halides is 2. The molecule has 0 saturated heterocycles. The highest BCUT2D eigenvalue weighted by atomic mass is 32.2. The molecule has 0 aromatic heterocycles. The summed E-state index contributed by atoms with van der Waals surface area (Å²) in [6.07, 6.45) is 0. The van der Waals surface area contributed by atoms with Gasteiger partial charge in [-0.1, -0.05) is 18.2 Å². The maximum atomic E-state index is 14.0. The summed E-state index contributed by atoms with van der Waals surface area (Å²) in [6, 6.07) is 8.35. The van der Waals surface area contributed by atoms with Crippen LogP contribution in [-0.2, 0) is 21.4 Å². The van der Waals surface area contributed by atoms with E-state index in [4.69, 9.17) is 4.74 Å². The first kappa shape index (κ1) is 20.7. The molecule has 0 amide bonds. The maximum Gasteiger partial charge on any atom is 0.387 e. The number of carbonyl (C=O) groups is 1. The molecule has 0 saturated carbocycles. The van der Waals surface area contributed by atoms with Crippen LogP contribution in [0.5, 0.6) is 5.75 Å². The number of rotatable bonds is 7. The summed E-state index contributed by atoms with van der Waals surface area (Å²) in [5.74, 6) is -2.31. The van der Waals surface area contributed by atoms with Gasteiger partial charge < -0.3 is 9.47 Å². The van der Waals surface area contributed by atoms with Crippen molar-refractivity contribution in [2.24, 2.45) is 0 Å². The van der Waals surface area contributed by atoms with E-state index in [0.717, 1.165) is 22.5 Å². The third kappa shape index (κ3) is 4.98. The van der Waals surface area contributed by atoms with Gasteiger partial charge in [0.25, 0.3) is 0 Å². The van der Waals surface area contributed by atoms with E-state index in [-0.39, 0.29) is 16.2 Å². The zero-order chi connectivity index (χ0) is 20.2. The van der Waals surface area contributed by atoms with Gasteiger partial charge >= 0.3 is 12.6 Å². The molecule has 27 heavy (non-hydrogen) atoms. The molecule has 0 bridgehead atoms. The van der Waals surface area contributed by atoms with Crippen molar-refractivity contribution in [1.82, 2.24) is 4.31 Å². The van der Waals surface area contributed by atoms with Gasteiger partial charge in [-0.05, 0) is 24.3 Å². The summed E-state index contributed by atoms with van der Waals surface area (Å²) in [6.45, 7) is -3.53. The second-order valence-electron chi connectivity index (χ2n) is 5.49. The number of carbonyl (C=O) groups excluding carboxylic acids is 1. The third-order valence-corrected chi connectivity index (χ3v) is 5.29. The van der Waals surface area contributed by atoms with E-state index in [1.54, 1.807) is 0 Å². The average Bonchev–Trinajstić information content (AvgIpc) is 2.60. The molecule has 0 radical (unpaired) electrons. The molecule has 0 atom stereocenters. The van der Waals surface area contributed by atoms with Crippen LogP contribution < -0.4 is 4.74 Å². The standard InChI is InChI=1S/C17H16F3NO5S/c1-21(2)27(23,24)12-7-8-14(18)13(9-12)16(22)25-10-11-5-3-4-6-15(11)26-17(19)20/h3-9,17H,10H2,1-2H3. The molecule has 0 aliphatic rings. The van der Waals surface area contributed by atoms with Crippen LogP contribution in [0.3, 0.4) is 0 Å². The van der Waals surface area contributed by atoms with Crippen LogP contribution in [0.2, 0.25) is 0 Å². The fraction of sp³-hybridized carbons (Fsp3) is 0.235. The number of sulfonamides is 1. The molecule has 0 aliphatic heterocycles. The van der Waals surface area contributed by atoms with Gasteiger partial charge in [0.05, 0.1) is 10.5 Å². The van der Waals surface area contributed by atoms with E-state index in [9.17, 15) is 26.4 Å². The topological polar surface area (TPSA) is 72.9 Å². The molecule has 0 aliphatic carbocycles. The Kier molecular flexibility index (Phi) is 6.45. The lowest BCUT2D eigenvalue weighted by atomic mass is 10.2. The highest BCUT2D eigenvalue weighted by Gasteiger charge is 2.22. The largest absolute Gasteiger partial charge is 0.457 e. The number of esters is 1. The fourth-order valence-electron chi connectivity index (χ4n) is 2.09. The number of benzene rings is 2. The molecular formula is C17H16F3NO5S. The Hall–Kier alpha value is -2.59. The lowest BCUT2D eigenvalue weighted by Gasteiger charge is -2.13. The number of hydrogen-bond donors (Lipinski definition) is 0. The molecule has 2 rings (SSSR count). The van der Waals surface area contributed by atoms with E-state index in [0.29, 0.717) is 0 Å². The van der Waals surface area contributed by atoms with Crippen LogP contribution >= 0.6 is 0 Å². The van der Waals surface area contributed by atoms with Gasteiger partial charge in [0.15, 0.2) is 0 Å². The Morgan fingerprint density at radius 3 is 2.44 bits per heavy atom. The maximum absolute atomic E-state index is 14.0. The van der Waals surface area contributed by atoms with Gasteiger partial charge in [0.1, 0.15) is 18.2 Å². The molecule has 0 spiro atoms. The number of ether oxygens (including phenoxy) is 2. The first-order valence-corrected chi connectivity index (χ1v) is 8.99. The fourth-order valence-corrected chi connectivity index (χ4v) is 3.02. The van der Waals surface area contributed by atoms with Crippen molar-refractivity contribution < 1.29 is 35.9 Å². The van der Waals surface area contributed by atoms with Crippen molar-refractivity contribution in [3.05, 3.63) is 59.4 Å². The predicted molar refractivity (Wildman–Crippen MR) is 89.5 cm³/mol. The van der Waals surface area contributed by atoms with Gasteiger partial charge in [0.2, 0.25) is 10.0 Å². The average molecular weight is 403 g/mol. The van der Waals surface area contributed by atoms with Gasteiger partial charge in [-0.2, -0.15) is 8.78 Å². The number of halogens is 3. The molecule has 6 nitrogen and oxygen atoms in total. The lowest BCUT2D eigenvalue weighted by molar-refractivity contribution is -0.0510. The number of para-hydroxylation sites is 1. The Balaban J connectivity index is 2.22. The molecule has 2 aromatic rings.